The van der Waals surface area contributed by atoms with Gasteiger partial charge in [-0.2, -0.15) is 0 Å². The molecule has 0 bridgehead atoms. The summed E-state index contributed by atoms with van der Waals surface area (Å²) in [5, 5.41) is 6.85. The zero-order chi connectivity index (χ0) is 13.2. The van der Waals surface area contributed by atoms with Crippen LogP contribution in [0, 0.1) is 5.92 Å². The number of rotatable bonds is 9. The van der Waals surface area contributed by atoms with E-state index in [-0.39, 0.29) is 0 Å². The fourth-order valence-corrected chi connectivity index (χ4v) is 1.74. The van der Waals surface area contributed by atoms with Crippen molar-refractivity contribution in [3.63, 3.8) is 0 Å². The molecule has 3 nitrogen and oxygen atoms in total. The van der Waals surface area contributed by atoms with E-state index in [9.17, 15) is 0 Å². The zero-order valence-electron chi connectivity index (χ0n) is 11.8. The number of para-hydroxylation sites is 1. The van der Waals surface area contributed by atoms with Gasteiger partial charge in [-0.3, -0.25) is 0 Å². The Balaban J connectivity index is 2.22. The largest absolute Gasteiger partial charge is 0.494 e. The molecule has 0 heterocycles. The van der Waals surface area contributed by atoms with E-state index < -0.39 is 0 Å². The van der Waals surface area contributed by atoms with Gasteiger partial charge in [0.05, 0.1) is 6.61 Å². The van der Waals surface area contributed by atoms with Crippen molar-refractivity contribution in [2.75, 3.05) is 26.2 Å². The molecule has 0 radical (unpaired) electrons. The molecule has 0 atom stereocenters. The van der Waals surface area contributed by atoms with Crippen molar-refractivity contribution in [2.24, 2.45) is 5.92 Å². The first-order chi connectivity index (χ1) is 8.74. The van der Waals surface area contributed by atoms with E-state index >= 15 is 0 Å². The summed E-state index contributed by atoms with van der Waals surface area (Å²) in [6.07, 6.45) is 0. The third-order valence-corrected chi connectivity index (χ3v) is 2.62. The molecule has 2 N–H and O–H groups in total. The molecule has 0 spiro atoms. The van der Waals surface area contributed by atoms with E-state index in [0.29, 0.717) is 12.5 Å². The number of nitrogens with one attached hydrogen (secondary N) is 2. The first-order valence-corrected chi connectivity index (χ1v) is 6.86. The Morgan fingerprint density at radius 3 is 2.56 bits per heavy atom. The molecule has 0 saturated carbocycles. The van der Waals surface area contributed by atoms with Gasteiger partial charge in [-0.15, -0.1) is 0 Å². The standard InChI is InChI=1S/C15H26N2O/c1-4-18-15-8-6-5-7-14(15)12-17-10-9-16-11-13(2)3/h5-8,13,16-17H,4,9-12H2,1-3H3. The third kappa shape index (κ3) is 6.03. The SMILES string of the molecule is CCOc1ccccc1CNCCNCC(C)C. The predicted octanol–water partition coefficient (Wildman–Crippen LogP) is 2.42. The monoisotopic (exact) mass is 250 g/mol. The Labute approximate surface area is 111 Å². The molecule has 0 aliphatic rings. The minimum Gasteiger partial charge on any atom is -0.494 e. The molecule has 3 heteroatoms. The Bertz CT molecular complexity index is 326. The number of hydrogen-bond acceptors (Lipinski definition) is 3. The summed E-state index contributed by atoms with van der Waals surface area (Å²) in [6.45, 7) is 11.1. The molecule has 1 aromatic carbocycles. The maximum atomic E-state index is 5.59. The van der Waals surface area contributed by atoms with Crippen LogP contribution in [0.3, 0.4) is 0 Å². The smallest absolute Gasteiger partial charge is 0.123 e. The van der Waals surface area contributed by atoms with Gasteiger partial charge in [-0.25, -0.2) is 0 Å². The maximum absolute atomic E-state index is 5.59. The lowest BCUT2D eigenvalue weighted by atomic mass is 10.2. The van der Waals surface area contributed by atoms with Crippen LogP contribution in [0.15, 0.2) is 24.3 Å². The van der Waals surface area contributed by atoms with Crippen molar-refractivity contribution < 1.29 is 4.74 Å². The normalized spacial score (nSPS) is 10.9. The second-order valence-electron chi connectivity index (χ2n) is 4.82. The van der Waals surface area contributed by atoms with E-state index in [1.165, 1.54) is 5.56 Å². The van der Waals surface area contributed by atoms with E-state index in [4.69, 9.17) is 4.74 Å². The Hall–Kier alpha value is -1.06. The molecule has 1 rings (SSSR count). The second kappa shape index (κ2) is 8.95. The van der Waals surface area contributed by atoms with Crippen LogP contribution in [0.4, 0.5) is 0 Å². The minimum atomic E-state index is 0.712. The van der Waals surface area contributed by atoms with Gasteiger partial charge in [-0.1, -0.05) is 32.0 Å². The van der Waals surface area contributed by atoms with E-state index in [0.717, 1.165) is 31.9 Å². The highest BCUT2D eigenvalue weighted by Crippen LogP contribution is 2.17. The minimum absolute atomic E-state index is 0.712. The lowest BCUT2D eigenvalue weighted by molar-refractivity contribution is 0.335. The third-order valence-electron chi connectivity index (χ3n) is 2.62. The van der Waals surface area contributed by atoms with Crippen LogP contribution in [-0.2, 0) is 6.54 Å². The summed E-state index contributed by atoms with van der Waals surface area (Å²) in [7, 11) is 0. The number of hydrogen-bond donors (Lipinski definition) is 2. The van der Waals surface area contributed by atoms with Crippen molar-refractivity contribution in [3.05, 3.63) is 29.8 Å². The molecular weight excluding hydrogens is 224 g/mol. The average molecular weight is 250 g/mol. The highest BCUT2D eigenvalue weighted by molar-refractivity contribution is 5.33. The predicted molar refractivity (Wildman–Crippen MR) is 77.0 cm³/mol. The van der Waals surface area contributed by atoms with Gasteiger partial charge in [0.25, 0.3) is 0 Å². The van der Waals surface area contributed by atoms with Crippen LogP contribution in [0.5, 0.6) is 5.75 Å². The molecule has 0 amide bonds. The summed E-state index contributed by atoms with van der Waals surface area (Å²) in [5.41, 5.74) is 1.23. The summed E-state index contributed by atoms with van der Waals surface area (Å²) in [5.74, 6) is 1.70. The highest BCUT2D eigenvalue weighted by atomic mass is 16.5. The van der Waals surface area contributed by atoms with Gasteiger partial charge in [0.15, 0.2) is 0 Å². The fraction of sp³-hybridized carbons (Fsp3) is 0.600. The van der Waals surface area contributed by atoms with Crippen molar-refractivity contribution >= 4 is 0 Å². The van der Waals surface area contributed by atoms with Crippen molar-refractivity contribution in [2.45, 2.75) is 27.3 Å². The van der Waals surface area contributed by atoms with Gasteiger partial charge in [-0.05, 0) is 25.5 Å². The van der Waals surface area contributed by atoms with Crippen LogP contribution >= 0.6 is 0 Å². The van der Waals surface area contributed by atoms with Gasteiger partial charge < -0.3 is 15.4 Å². The van der Waals surface area contributed by atoms with Crippen LogP contribution < -0.4 is 15.4 Å². The quantitative estimate of drug-likeness (QED) is 0.660. The van der Waals surface area contributed by atoms with Crippen molar-refractivity contribution in [1.29, 1.82) is 0 Å². The molecule has 0 unspecified atom stereocenters. The molecule has 0 aliphatic carbocycles. The molecule has 0 fully saturated rings. The van der Waals surface area contributed by atoms with Gasteiger partial charge in [0.1, 0.15) is 5.75 Å². The number of ether oxygens (including phenoxy) is 1. The average Bonchev–Trinajstić information content (AvgIpc) is 2.35. The second-order valence-corrected chi connectivity index (χ2v) is 4.82. The molecule has 0 aliphatic heterocycles. The summed E-state index contributed by atoms with van der Waals surface area (Å²) >= 11 is 0. The van der Waals surface area contributed by atoms with Crippen LogP contribution in [0.2, 0.25) is 0 Å². The summed E-state index contributed by atoms with van der Waals surface area (Å²) < 4.78 is 5.59. The Kier molecular flexibility index (Phi) is 7.46. The zero-order valence-corrected chi connectivity index (χ0v) is 11.8. The highest BCUT2D eigenvalue weighted by Gasteiger charge is 2.01. The van der Waals surface area contributed by atoms with E-state index in [1.807, 2.05) is 19.1 Å². The molecule has 0 aromatic heterocycles. The lowest BCUT2D eigenvalue weighted by Gasteiger charge is -2.11. The van der Waals surface area contributed by atoms with Gasteiger partial charge in [0.2, 0.25) is 0 Å². The first kappa shape index (κ1) is 15.0. The van der Waals surface area contributed by atoms with Gasteiger partial charge >= 0.3 is 0 Å². The summed E-state index contributed by atoms with van der Waals surface area (Å²) in [6, 6.07) is 8.20. The van der Waals surface area contributed by atoms with Crippen LogP contribution in [-0.4, -0.2) is 26.2 Å². The van der Waals surface area contributed by atoms with Crippen molar-refractivity contribution in [1.82, 2.24) is 10.6 Å². The first-order valence-electron chi connectivity index (χ1n) is 6.86. The Morgan fingerprint density at radius 2 is 1.83 bits per heavy atom. The van der Waals surface area contributed by atoms with E-state index in [2.05, 4.69) is 36.6 Å². The topological polar surface area (TPSA) is 33.3 Å². The molecule has 0 saturated heterocycles. The Morgan fingerprint density at radius 1 is 1.11 bits per heavy atom. The maximum Gasteiger partial charge on any atom is 0.123 e. The molecule has 102 valence electrons. The van der Waals surface area contributed by atoms with Crippen LogP contribution in [0.25, 0.3) is 0 Å². The molecule has 18 heavy (non-hydrogen) atoms. The van der Waals surface area contributed by atoms with Gasteiger partial charge in [0, 0.05) is 25.2 Å². The van der Waals surface area contributed by atoms with E-state index in [1.54, 1.807) is 0 Å². The number of benzene rings is 1. The lowest BCUT2D eigenvalue weighted by Crippen LogP contribution is -2.29. The van der Waals surface area contributed by atoms with Crippen molar-refractivity contribution in [3.8, 4) is 5.75 Å². The molecular formula is C15H26N2O. The molecule has 1 aromatic rings. The van der Waals surface area contributed by atoms with Crippen LogP contribution in [0.1, 0.15) is 26.3 Å². The fourth-order valence-electron chi connectivity index (χ4n) is 1.74. The summed E-state index contributed by atoms with van der Waals surface area (Å²) in [4.78, 5) is 0.